The van der Waals surface area contributed by atoms with Gasteiger partial charge in [-0.3, -0.25) is 14.6 Å². The van der Waals surface area contributed by atoms with Gasteiger partial charge in [0.25, 0.3) is 5.91 Å². The number of hydrogen-bond donors (Lipinski definition) is 0. The third-order valence-corrected chi connectivity index (χ3v) is 6.18. The standard InChI is InChI=1S/C24H29N3O2/c28-22-18-27(21-13-5-2-6-14-21)24(29)23(20-12-7-15-25-17-20)26(22)16-8-11-19-9-3-1-4-10-19/h1,3-4,7,9-10,12,15,17,21,23H,2,5-6,8,11,13-14,16,18H2. The van der Waals surface area contributed by atoms with Crippen LogP contribution in [0.1, 0.15) is 55.7 Å². The Morgan fingerprint density at radius 2 is 1.76 bits per heavy atom. The maximum absolute atomic E-state index is 13.5. The average molecular weight is 392 g/mol. The van der Waals surface area contributed by atoms with Crippen molar-refractivity contribution in [3.05, 3.63) is 66.0 Å². The highest BCUT2D eigenvalue weighted by atomic mass is 16.2. The van der Waals surface area contributed by atoms with Crippen molar-refractivity contribution in [2.45, 2.75) is 57.0 Å². The smallest absolute Gasteiger partial charge is 0.250 e. The number of piperazine rings is 1. The molecule has 2 heterocycles. The number of aryl methyl sites for hydroxylation is 1. The van der Waals surface area contributed by atoms with Gasteiger partial charge < -0.3 is 9.80 Å². The highest BCUT2D eigenvalue weighted by molar-refractivity contribution is 5.95. The maximum Gasteiger partial charge on any atom is 0.250 e. The molecule has 1 aromatic carbocycles. The van der Waals surface area contributed by atoms with Crippen LogP contribution in [-0.2, 0) is 16.0 Å². The Morgan fingerprint density at radius 1 is 0.966 bits per heavy atom. The first-order valence-corrected chi connectivity index (χ1v) is 10.8. The number of carbonyl (C=O) groups is 2. The largest absolute Gasteiger partial charge is 0.328 e. The molecule has 2 aliphatic rings. The predicted octanol–water partition coefficient (Wildman–Crippen LogP) is 3.76. The van der Waals surface area contributed by atoms with E-state index < -0.39 is 6.04 Å². The van der Waals surface area contributed by atoms with Crippen LogP contribution in [0.2, 0.25) is 0 Å². The Balaban J connectivity index is 1.52. The van der Waals surface area contributed by atoms with Gasteiger partial charge in [-0.1, -0.05) is 55.7 Å². The molecule has 4 rings (SSSR count). The van der Waals surface area contributed by atoms with Gasteiger partial charge in [-0.2, -0.15) is 0 Å². The number of nitrogens with zero attached hydrogens (tertiary/aromatic N) is 3. The summed E-state index contributed by atoms with van der Waals surface area (Å²) in [5.74, 6) is 0.112. The fraction of sp³-hybridized carbons (Fsp3) is 0.458. The quantitative estimate of drug-likeness (QED) is 0.753. The molecule has 2 fully saturated rings. The van der Waals surface area contributed by atoms with E-state index in [1.165, 1.54) is 12.0 Å². The van der Waals surface area contributed by atoms with Gasteiger partial charge in [-0.05, 0) is 37.3 Å². The molecule has 1 saturated carbocycles. The Labute approximate surface area is 172 Å². The van der Waals surface area contributed by atoms with Crippen LogP contribution >= 0.6 is 0 Å². The normalized spacial score (nSPS) is 20.9. The van der Waals surface area contributed by atoms with Crippen LogP contribution in [0.4, 0.5) is 0 Å². The summed E-state index contributed by atoms with van der Waals surface area (Å²) in [5, 5.41) is 0. The molecule has 1 aliphatic heterocycles. The van der Waals surface area contributed by atoms with Crippen LogP contribution in [0.3, 0.4) is 0 Å². The fourth-order valence-electron chi connectivity index (χ4n) is 4.66. The number of pyridine rings is 1. The van der Waals surface area contributed by atoms with Gasteiger partial charge >= 0.3 is 0 Å². The Hall–Kier alpha value is -2.69. The van der Waals surface area contributed by atoms with Gasteiger partial charge in [0.1, 0.15) is 12.6 Å². The molecule has 1 aromatic heterocycles. The highest BCUT2D eigenvalue weighted by Crippen LogP contribution is 2.32. The number of aromatic nitrogens is 1. The molecule has 1 saturated heterocycles. The predicted molar refractivity (Wildman–Crippen MR) is 112 cm³/mol. The minimum absolute atomic E-state index is 0.0529. The zero-order valence-corrected chi connectivity index (χ0v) is 16.9. The second-order valence-corrected chi connectivity index (χ2v) is 8.12. The monoisotopic (exact) mass is 391 g/mol. The van der Waals surface area contributed by atoms with E-state index in [2.05, 4.69) is 17.1 Å². The summed E-state index contributed by atoms with van der Waals surface area (Å²) >= 11 is 0. The number of carbonyl (C=O) groups excluding carboxylic acids is 2. The van der Waals surface area contributed by atoms with Crippen molar-refractivity contribution in [2.24, 2.45) is 0 Å². The zero-order valence-electron chi connectivity index (χ0n) is 16.9. The molecule has 2 amide bonds. The Bertz CT molecular complexity index is 819. The molecule has 2 aromatic rings. The van der Waals surface area contributed by atoms with Crippen LogP contribution in [0.15, 0.2) is 54.9 Å². The number of hydrogen-bond acceptors (Lipinski definition) is 3. The summed E-state index contributed by atoms with van der Waals surface area (Å²) in [5.41, 5.74) is 2.07. The maximum atomic E-state index is 13.5. The van der Waals surface area contributed by atoms with Crippen LogP contribution < -0.4 is 0 Å². The summed E-state index contributed by atoms with van der Waals surface area (Å²) in [6.07, 6.45) is 10.7. The van der Waals surface area contributed by atoms with Crippen molar-refractivity contribution in [2.75, 3.05) is 13.1 Å². The van der Waals surface area contributed by atoms with Gasteiger partial charge in [0.15, 0.2) is 0 Å². The molecule has 0 bridgehead atoms. The Kier molecular flexibility index (Phi) is 6.23. The van der Waals surface area contributed by atoms with Gasteiger partial charge in [0.05, 0.1) is 0 Å². The van der Waals surface area contributed by atoms with E-state index in [-0.39, 0.29) is 24.4 Å². The van der Waals surface area contributed by atoms with Crippen molar-refractivity contribution in [1.82, 2.24) is 14.8 Å². The summed E-state index contributed by atoms with van der Waals surface area (Å²) in [6, 6.07) is 13.7. The summed E-state index contributed by atoms with van der Waals surface area (Å²) in [6.45, 7) is 0.795. The van der Waals surface area contributed by atoms with E-state index in [9.17, 15) is 9.59 Å². The molecule has 0 radical (unpaired) electrons. The van der Waals surface area contributed by atoms with Gasteiger partial charge in [0.2, 0.25) is 5.91 Å². The third kappa shape index (κ3) is 4.50. The van der Waals surface area contributed by atoms with Crippen LogP contribution in [-0.4, -0.2) is 45.7 Å². The van der Waals surface area contributed by atoms with E-state index in [1.807, 2.05) is 35.2 Å². The molecule has 1 aliphatic carbocycles. The summed E-state index contributed by atoms with van der Waals surface area (Å²) in [7, 11) is 0. The first kappa shape index (κ1) is 19.6. The fourth-order valence-corrected chi connectivity index (χ4v) is 4.66. The summed E-state index contributed by atoms with van der Waals surface area (Å²) < 4.78 is 0. The Morgan fingerprint density at radius 3 is 2.48 bits per heavy atom. The number of benzene rings is 1. The second-order valence-electron chi connectivity index (χ2n) is 8.12. The first-order valence-electron chi connectivity index (χ1n) is 10.8. The van der Waals surface area contributed by atoms with Crippen molar-refractivity contribution < 1.29 is 9.59 Å². The van der Waals surface area contributed by atoms with Crippen LogP contribution in [0.25, 0.3) is 0 Å². The summed E-state index contributed by atoms with van der Waals surface area (Å²) in [4.78, 5) is 34.5. The van der Waals surface area contributed by atoms with Crippen molar-refractivity contribution in [1.29, 1.82) is 0 Å². The lowest BCUT2D eigenvalue weighted by molar-refractivity contribution is -0.159. The highest BCUT2D eigenvalue weighted by Gasteiger charge is 2.42. The van der Waals surface area contributed by atoms with E-state index in [4.69, 9.17) is 0 Å². The van der Waals surface area contributed by atoms with Crippen molar-refractivity contribution >= 4 is 11.8 Å². The van der Waals surface area contributed by atoms with E-state index in [0.717, 1.165) is 44.1 Å². The molecular weight excluding hydrogens is 362 g/mol. The SMILES string of the molecule is O=C1C(c2cccnc2)N(CCCc2ccccc2)C(=O)CN1C1CCCCC1. The molecule has 5 nitrogen and oxygen atoms in total. The molecule has 1 unspecified atom stereocenters. The first-order chi connectivity index (χ1) is 14.2. The van der Waals surface area contributed by atoms with E-state index in [0.29, 0.717) is 6.54 Å². The van der Waals surface area contributed by atoms with Crippen LogP contribution in [0.5, 0.6) is 0 Å². The van der Waals surface area contributed by atoms with E-state index >= 15 is 0 Å². The van der Waals surface area contributed by atoms with Gasteiger partial charge in [-0.25, -0.2) is 0 Å². The lowest BCUT2D eigenvalue weighted by Gasteiger charge is -2.44. The second kappa shape index (κ2) is 9.21. The molecule has 5 heteroatoms. The molecule has 0 spiro atoms. The van der Waals surface area contributed by atoms with Crippen LogP contribution in [0, 0.1) is 0 Å². The number of amides is 2. The molecule has 0 N–H and O–H groups in total. The topological polar surface area (TPSA) is 53.5 Å². The average Bonchev–Trinajstić information content (AvgIpc) is 2.78. The van der Waals surface area contributed by atoms with Gasteiger partial charge in [0, 0.05) is 30.5 Å². The number of rotatable bonds is 6. The minimum Gasteiger partial charge on any atom is -0.328 e. The molecule has 29 heavy (non-hydrogen) atoms. The third-order valence-electron chi connectivity index (χ3n) is 6.18. The zero-order chi connectivity index (χ0) is 20.1. The molecular formula is C24H29N3O2. The van der Waals surface area contributed by atoms with Gasteiger partial charge in [-0.15, -0.1) is 0 Å². The molecule has 1 atom stereocenters. The molecule has 152 valence electrons. The van der Waals surface area contributed by atoms with Crippen molar-refractivity contribution in [3.63, 3.8) is 0 Å². The minimum atomic E-state index is -0.553. The van der Waals surface area contributed by atoms with E-state index in [1.54, 1.807) is 17.3 Å². The lowest BCUT2D eigenvalue weighted by atomic mass is 9.92. The lowest BCUT2D eigenvalue weighted by Crippen LogP contribution is -2.58. The van der Waals surface area contributed by atoms with Crippen molar-refractivity contribution in [3.8, 4) is 0 Å².